The van der Waals surface area contributed by atoms with Gasteiger partial charge >= 0.3 is 171 Å². The Balaban J connectivity index is 3.82. The molecule has 0 spiro atoms. The molecule has 0 aliphatic rings. The van der Waals surface area contributed by atoms with E-state index in [0.29, 0.717) is 12.1 Å². The summed E-state index contributed by atoms with van der Waals surface area (Å²) in [6.07, 6.45) is -21.7. The van der Waals surface area contributed by atoms with E-state index in [1.54, 1.807) is 0 Å². The molecule has 32 heavy (non-hydrogen) atoms. The Morgan fingerprint density at radius 1 is 0.594 bits per heavy atom. The first-order valence-electron chi connectivity index (χ1n) is 8.11. The maximum atomic E-state index is 12.8. The van der Waals surface area contributed by atoms with Crippen LogP contribution in [0.1, 0.15) is 5.56 Å². The zero-order valence-corrected chi connectivity index (χ0v) is 16.6. The number of halogens is 12. The van der Waals surface area contributed by atoms with E-state index in [9.17, 15) is 52.7 Å². The molecule has 0 heterocycles. The molecule has 0 unspecified atom stereocenters. The van der Waals surface area contributed by atoms with Gasteiger partial charge in [-0.3, -0.25) is 0 Å². The summed E-state index contributed by atoms with van der Waals surface area (Å²) in [5, 5.41) is -1.14. The van der Waals surface area contributed by atoms with Crippen molar-refractivity contribution in [3.05, 3.63) is 29.8 Å². The van der Waals surface area contributed by atoms with E-state index in [1.165, 1.54) is 13.0 Å². The van der Waals surface area contributed by atoms with Crippen molar-refractivity contribution in [2.75, 3.05) is 26.4 Å². The van der Waals surface area contributed by atoms with E-state index < -0.39 is 63.9 Å². The van der Waals surface area contributed by atoms with Crippen LogP contribution in [0.2, 0.25) is 0 Å². The fourth-order valence-corrected chi connectivity index (χ4v) is 5.38. The van der Waals surface area contributed by atoms with Crippen molar-refractivity contribution < 1.29 is 70.8 Å². The number of rotatable bonds is 9. The summed E-state index contributed by atoms with van der Waals surface area (Å²) >= 11 is 0. The van der Waals surface area contributed by atoms with Crippen molar-refractivity contribution in [3.63, 3.8) is 0 Å². The zero-order chi connectivity index (χ0) is 25.1. The molecule has 0 atom stereocenters. The third kappa shape index (κ3) is 9.25. The molecule has 188 valence electrons. The molecule has 17 heteroatoms. The van der Waals surface area contributed by atoms with Crippen LogP contribution in [0.5, 0.6) is 0 Å². The minimum atomic E-state index is -7.09. The van der Waals surface area contributed by atoms with E-state index in [2.05, 4.69) is 18.1 Å². The van der Waals surface area contributed by atoms with Crippen molar-refractivity contribution in [1.29, 1.82) is 0 Å². The van der Waals surface area contributed by atoms with Crippen LogP contribution in [-0.2, 0) is 18.1 Å². The van der Waals surface area contributed by atoms with Crippen LogP contribution in [-0.4, -0.2) is 51.1 Å². The Kier molecular flexibility index (Phi) is 8.50. The molecule has 0 saturated heterocycles. The molecular formula is C15H15F12O4P. The summed E-state index contributed by atoms with van der Waals surface area (Å²) in [4.78, 5) is 0. The second kappa shape index (κ2) is 9.49. The predicted octanol–water partition coefficient (Wildman–Crippen LogP) is 6.15. The molecule has 0 saturated carbocycles. The van der Waals surface area contributed by atoms with Gasteiger partial charge in [0.1, 0.15) is 0 Å². The average Bonchev–Trinajstić information content (AvgIpc) is 2.58. The average molecular weight is 518 g/mol. The molecule has 0 amide bonds. The molecule has 1 aromatic carbocycles. The van der Waals surface area contributed by atoms with Gasteiger partial charge in [0, 0.05) is 0 Å². The first-order valence-corrected chi connectivity index (χ1v) is 10.0. The van der Waals surface area contributed by atoms with Crippen molar-refractivity contribution in [2.24, 2.45) is 0 Å². The molecular weight excluding hydrogens is 503 g/mol. The van der Waals surface area contributed by atoms with E-state index in [-0.39, 0.29) is 5.56 Å². The Labute approximate surface area is 172 Å². The van der Waals surface area contributed by atoms with Gasteiger partial charge in [-0.05, 0) is 0 Å². The summed E-state index contributed by atoms with van der Waals surface area (Å²) in [5.41, 5.74) is -0.00562. The molecule has 0 aliphatic carbocycles. The summed E-state index contributed by atoms with van der Waals surface area (Å²) in [7, 11) is -7.09. The van der Waals surface area contributed by atoms with Gasteiger partial charge in [0.05, 0.1) is 0 Å². The second-order valence-electron chi connectivity index (χ2n) is 6.21. The molecule has 1 aromatic rings. The van der Waals surface area contributed by atoms with Gasteiger partial charge in [0.15, 0.2) is 0 Å². The Bertz CT molecular complexity index is 673. The SMILES string of the molecule is Cc1cccc(P(OCC(F)(F)F)(OCC(F)(F)F)(OCC(F)(F)F)OCC(F)(F)F)c1. The number of benzene rings is 1. The molecule has 0 N–H and O–H groups in total. The summed E-state index contributed by atoms with van der Waals surface area (Å²) in [6.45, 7) is -9.40. The van der Waals surface area contributed by atoms with Crippen molar-refractivity contribution in [3.8, 4) is 0 Å². The normalized spacial score (nSPS) is 15.5. The third-order valence-corrected chi connectivity index (χ3v) is 6.65. The Morgan fingerprint density at radius 2 is 0.906 bits per heavy atom. The number of aryl methyl sites for hydroxylation is 1. The van der Waals surface area contributed by atoms with Gasteiger partial charge in [-0.1, -0.05) is 0 Å². The number of hydrogen-bond acceptors (Lipinski definition) is 4. The van der Waals surface area contributed by atoms with Crippen LogP contribution >= 0.6 is 7.51 Å². The van der Waals surface area contributed by atoms with Gasteiger partial charge < -0.3 is 0 Å². The van der Waals surface area contributed by atoms with Crippen molar-refractivity contribution in [2.45, 2.75) is 31.6 Å². The fraction of sp³-hybridized carbons (Fsp3) is 0.600. The van der Waals surface area contributed by atoms with Crippen LogP contribution < -0.4 is 5.30 Å². The molecule has 0 radical (unpaired) electrons. The van der Waals surface area contributed by atoms with Gasteiger partial charge in [-0.2, -0.15) is 0 Å². The Morgan fingerprint density at radius 3 is 1.16 bits per heavy atom. The summed E-state index contributed by atoms with van der Waals surface area (Å²) in [6, 6.07) is 3.31. The molecule has 1 rings (SSSR count). The van der Waals surface area contributed by atoms with Crippen LogP contribution in [0.4, 0.5) is 52.7 Å². The maximum absolute atomic E-state index is 12.8. The van der Waals surface area contributed by atoms with Gasteiger partial charge in [0.25, 0.3) is 0 Å². The topological polar surface area (TPSA) is 36.9 Å². The number of alkyl halides is 12. The summed E-state index contributed by atoms with van der Waals surface area (Å²) in [5.74, 6) is 0. The molecule has 0 aliphatic heterocycles. The minimum absolute atomic E-state index is 0.00562. The third-order valence-electron chi connectivity index (χ3n) is 3.23. The summed E-state index contributed by atoms with van der Waals surface area (Å²) < 4.78 is 171. The van der Waals surface area contributed by atoms with Crippen LogP contribution in [0.3, 0.4) is 0 Å². The Hall–Kier alpha value is -1.35. The molecule has 4 nitrogen and oxygen atoms in total. The van der Waals surface area contributed by atoms with E-state index in [4.69, 9.17) is 0 Å². The van der Waals surface area contributed by atoms with E-state index in [1.807, 2.05) is 0 Å². The molecule has 0 aromatic heterocycles. The molecule has 0 fully saturated rings. The van der Waals surface area contributed by atoms with Crippen LogP contribution in [0.15, 0.2) is 24.3 Å². The standard InChI is InChI=1S/C15H15F12O4P/c1-10-3-2-4-11(5-10)32(28-6-12(16,17)18,29-7-13(19,20)21,30-8-14(22,23)24)31-9-15(25,26)27/h2-5H,6-9H2,1H3. The van der Waals surface area contributed by atoms with Crippen molar-refractivity contribution in [1.82, 2.24) is 0 Å². The number of hydrogen-bond donors (Lipinski definition) is 0. The van der Waals surface area contributed by atoms with Gasteiger partial charge in [0.2, 0.25) is 0 Å². The molecule has 0 bridgehead atoms. The quantitative estimate of drug-likeness (QED) is 0.291. The van der Waals surface area contributed by atoms with Crippen LogP contribution in [0.25, 0.3) is 0 Å². The first kappa shape index (κ1) is 28.7. The van der Waals surface area contributed by atoms with Gasteiger partial charge in [-0.25, -0.2) is 0 Å². The van der Waals surface area contributed by atoms with Gasteiger partial charge in [-0.15, -0.1) is 0 Å². The second-order valence-corrected chi connectivity index (χ2v) is 9.38. The van der Waals surface area contributed by atoms with E-state index in [0.717, 1.165) is 6.07 Å². The predicted molar refractivity (Wildman–Crippen MR) is 85.8 cm³/mol. The van der Waals surface area contributed by atoms with Crippen molar-refractivity contribution >= 4 is 12.8 Å². The monoisotopic (exact) mass is 518 g/mol. The first-order chi connectivity index (χ1) is 14.1. The van der Waals surface area contributed by atoms with E-state index >= 15 is 0 Å². The fourth-order valence-electron chi connectivity index (χ4n) is 2.11. The zero-order valence-electron chi connectivity index (χ0n) is 15.8. The van der Waals surface area contributed by atoms with Crippen LogP contribution in [0, 0.1) is 6.92 Å².